The fourth-order valence-electron chi connectivity index (χ4n) is 4.70. The van der Waals surface area contributed by atoms with Gasteiger partial charge in [-0.3, -0.25) is 24.9 Å². The standard InChI is InChI=1S/C27H28ClFN4O3/c1-36-20-6-7-24-21(16-20)25(22(28)18-31-24)23(29)8-9-27(26(34)32-35)10-14-33(15-11-27)13-3-5-19-4-2-12-30-17-19/h2,4,6-7,12,16-18,23,35H,8-11,13-15H2,1H3,(H,32,34)/t23-/m1/s1. The Morgan fingerprint density at radius 2 is 2.14 bits per heavy atom. The molecule has 0 aliphatic carbocycles. The summed E-state index contributed by atoms with van der Waals surface area (Å²) in [7, 11) is 1.54. The van der Waals surface area contributed by atoms with E-state index in [4.69, 9.17) is 16.3 Å². The Morgan fingerprint density at radius 3 is 2.83 bits per heavy atom. The normalized spacial score (nSPS) is 16.1. The third-order valence-corrected chi connectivity index (χ3v) is 7.15. The van der Waals surface area contributed by atoms with Crippen LogP contribution in [0.25, 0.3) is 10.9 Å². The first-order chi connectivity index (χ1) is 17.5. The van der Waals surface area contributed by atoms with E-state index in [0.29, 0.717) is 54.7 Å². The Hall–Kier alpha value is -3.25. The summed E-state index contributed by atoms with van der Waals surface area (Å²) in [5.74, 6) is 6.32. The molecule has 1 atom stereocenters. The zero-order valence-corrected chi connectivity index (χ0v) is 20.8. The minimum atomic E-state index is -1.41. The monoisotopic (exact) mass is 510 g/mol. The van der Waals surface area contributed by atoms with Crippen LogP contribution in [0.5, 0.6) is 5.75 Å². The number of hydrogen-bond acceptors (Lipinski definition) is 6. The Kier molecular flexibility index (Phi) is 8.36. The van der Waals surface area contributed by atoms with E-state index >= 15 is 4.39 Å². The topological polar surface area (TPSA) is 87.6 Å². The zero-order valence-electron chi connectivity index (χ0n) is 20.0. The average molecular weight is 511 g/mol. The van der Waals surface area contributed by atoms with Gasteiger partial charge in [0.15, 0.2) is 0 Å². The fourth-order valence-corrected chi connectivity index (χ4v) is 4.97. The van der Waals surface area contributed by atoms with Crippen molar-refractivity contribution in [2.75, 3.05) is 26.7 Å². The zero-order chi connectivity index (χ0) is 25.5. The van der Waals surface area contributed by atoms with E-state index in [1.165, 1.54) is 6.20 Å². The van der Waals surface area contributed by atoms with Crippen molar-refractivity contribution in [1.29, 1.82) is 0 Å². The number of ether oxygens (including phenoxy) is 1. The third kappa shape index (κ3) is 5.76. The summed E-state index contributed by atoms with van der Waals surface area (Å²) >= 11 is 6.37. The van der Waals surface area contributed by atoms with Crippen LogP contribution in [0.3, 0.4) is 0 Å². The summed E-state index contributed by atoms with van der Waals surface area (Å²) in [6.45, 7) is 1.78. The van der Waals surface area contributed by atoms with Gasteiger partial charge in [-0.15, -0.1) is 0 Å². The molecule has 2 N–H and O–H groups in total. The summed E-state index contributed by atoms with van der Waals surface area (Å²) in [5.41, 5.74) is 2.73. The molecule has 3 heterocycles. The molecule has 1 amide bonds. The van der Waals surface area contributed by atoms with Crippen LogP contribution in [0, 0.1) is 17.3 Å². The number of carbonyl (C=O) groups is 1. The van der Waals surface area contributed by atoms with E-state index in [2.05, 4.69) is 26.7 Å². The van der Waals surface area contributed by atoms with E-state index in [9.17, 15) is 10.0 Å². The maximum Gasteiger partial charge on any atom is 0.249 e. The van der Waals surface area contributed by atoms with Gasteiger partial charge in [0, 0.05) is 48.2 Å². The predicted molar refractivity (Wildman–Crippen MR) is 136 cm³/mol. The number of pyridine rings is 2. The molecule has 0 radical (unpaired) electrons. The molecule has 1 aliphatic rings. The van der Waals surface area contributed by atoms with Crippen molar-refractivity contribution in [2.45, 2.75) is 31.9 Å². The van der Waals surface area contributed by atoms with Crippen LogP contribution >= 0.6 is 11.6 Å². The molecule has 7 nitrogen and oxygen atoms in total. The summed E-state index contributed by atoms with van der Waals surface area (Å²) < 4.78 is 21.0. The number of amides is 1. The van der Waals surface area contributed by atoms with Crippen molar-refractivity contribution >= 4 is 28.4 Å². The highest BCUT2D eigenvalue weighted by atomic mass is 35.5. The van der Waals surface area contributed by atoms with Gasteiger partial charge in [0.1, 0.15) is 11.9 Å². The molecule has 3 aromatic rings. The van der Waals surface area contributed by atoms with Crippen LogP contribution in [-0.4, -0.2) is 52.7 Å². The van der Waals surface area contributed by atoms with Crippen LogP contribution in [0.15, 0.2) is 48.9 Å². The van der Waals surface area contributed by atoms with Gasteiger partial charge in [-0.25, -0.2) is 9.87 Å². The maximum absolute atomic E-state index is 15.7. The first-order valence-corrected chi connectivity index (χ1v) is 12.2. The highest BCUT2D eigenvalue weighted by molar-refractivity contribution is 6.32. The van der Waals surface area contributed by atoms with Crippen molar-refractivity contribution in [3.8, 4) is 17.6 Å². The third-order valence-electron chi connectivity index (χ3n) is 6.85. The first-order valence-electron chi connectivity index (χ1n) is 11.8. The molecule has 1 saturated heterocycles. The van der Waals surface area contributed by atoms with Gasteiger partial charge < -0.3 is 4.74 Å². The number of halogens is 2. The van der Waals surface area contributed by atoms with Gasteiger partial charge in [0.05, 0.1) is 29.6 Å². The molecule has 2 aromatic heterocycles. The van der Waals surface area contributed by atoms with Crippen LogP contribution in [0.1, 0.15) is 43.0 Å². The molecule has 0 bridgehead atoms. The number of hydroxylamine groups is 1. The summed E-state index contributed by atoms with van der Waals surface area (Å²) in [6.07, 6.45) is 4.75. The van der Waals surface area contributed by atoms with E-state index in [1.807, 2.05) is 17.6 Å². The molecule has 188 valence electrons. The lowest BCUT2D eigenvalue weighted by molar-refractivity contribution is -0.143. The number of benzene rings is 1. The molecule has 0 spiro atoms. The molecule has 1 fully saturated rings. The number of aromatic nitrogens is 2. The van der Waals surface area contributed by atoms with E-state index in [-0.39, 0.29) is 17.9 Å². The van der Waals surface area contributed by atoms with Gasteiger partial charge in [0.2, 0.25) is 5.91 Å². The van der Waals surface area contributed by atoms with Crippen LogP contribution in [-0.2, 0) is 4.79 Å². The number of carbonyl (C=O) groups excluding carboxylic acids is 1. The lowest BCUT2D eigenvalue weighted by Crippen LogP contribution is -2.48. The van der Waals surface area contributed by atoms with Crippen molar-refractivity contribution in [3.63, 3.8) is 0 Å². The highest BCUT2D eigenvalue weighted by Crippen LogP contribution is 2.42. The van der Waals surface area contributed by atoms with Crippen LogP contribution in [0.4, 0.5) is 4.39 Å². The Labute approximate surface area is 214 Å². The van der Waals surface area contributed by atoms with E-state index in [0.717, 1.165) is 5.56 Å². The second-order valence-electron chi connectivity index (χ2n) is 8.95. The van der Waals surface area contributed by atoms with Crippen molar-refractivity contribution in [1.82, 2.24) is 20.3 Å². The molecule has 0 saturated carbocycles. The highest BCUT2D eigenvalue weighted by Gasteiger charge is 2.41. The van der Waals surface area contributed by atoms with Gasteiger partial charge in [0.25, 0.3) is 0 Å². The quantitative estimate of drug-likeness (QED) is 0.272. The van der Waals surface area contributed by atoms with Gasteiger partial charge in [-0.2, -0.15) is 0 Å². The van der Waals surface area contributed by atoms with Crippen LogP contribution in [0.2, 0.25) is 5.02 Å². The minimum Gasteiger partial charge on any atom is -0.497 e. The molecule has 4 rings (SSSR count). The van der Waals surface area contributed by atoms with E-state index in [1.54, 1.807) is 37.7 Å². The minimum absolute atomic E-state index is 0.0737. The Balaban J connectivity index is 1.45. The molecular formula is C27H28ClFN4O3. The van der Waals surface area contributed by atoms with Crippen LogP contribution < -0.4 is 10.2 Å². The number of alkyl halides is 1. The molecule has 9 heteroatoms. The number of likely N-dealkylation sites (tertiary alicyclic amines) is 1. The molecular weight excluding hydrogens is 483 g/mol. The number of methoxy groups -OCH3 is 1. The summed E-state index contributed by atoms with van der Waals surface area (Å²) in [5, 5.41) is 10.2. The number of rotatable bonds is 7. The number of nitrogens with zero attached hydrogens (tertiary/aromatic N) is 3. The SMILES string of the molecule is COc1ccc2ncc(Cl)c([C@H](F)CCC3(C(=O)NO)CCN(CC#Cc4cccnc4)CC3)c2c1. The lowest BCUT2D eigenvalue weighted by atomic mass is 9.73. The van der Waals surface area contributed by atoms with Crippen molar-refractivity contribution < 1.29 is 19.1 Å². The Bertz CT molecular complexity index is 1270. The lowest BCUT2D eigenvalue weighted by Gasteiger charge is -2.40. The summed E-state index contributed by atoms with van der Waals surface area (Å²) in [4.78, 5) is 23.2. The van der Waals surface area contributed by atoms with E-state index < -0.39 is 17.5 Å². The van der Waals surface area contributed by atoms with Gasteiger partial charge in [-0.1, -0.05) is 23.4 Å². The maximum atomic E-state index is 15.7. The fraction of sp³-hybridized carbons (Fsp3) is 0.370. The molecule has 1 aromatic carbocycles. The number of hydrogen-bond donors (Lipinski definition) is 2. The largest absolute Gasteiger partial charge is 0.497 e. The molecule has 36 heavy (non-hydrogen) atoms. The van der Waals surface area contributed by atoms with Crippen molar-refractivity contribution in [3.05, 3.63) is 65.1 Å². The molecule has 0 unspecified atom stereocenters. The second-order valence-corrected chi connectivity index (χ2v) is 9.36. The number of piperidine rings is 1. The molecule has 1 aliphatic heterocycles. The predicted octanol–water partition coefficient (Wildman–Crippen LogP) is 4.72. The first kappa shape index (κ1) is 25.8. The van der Waals surface area contributed by atoms with Gasteiger partial charge in [-0.05, 0) is 56.0 Å². The summed E-state index contributed by atoms with van der Waals surface area (Å²) in [6, 6.07) is 8.97. The number of fused-ring (bicyclic) bond motifs is 1. The average Bonchev–Trinajstić information content (AvgIpc) is 2.92. The van der Waals surface area contributed by atoms with Gasteiger partial charge >= 0.3 is 0 Å². The second kappa shape index (κ2) is 11.7. The smallest absolute Gasteiger partial charge is 0.249 e. The number of nitrogens with one attached hydrogen (secondary N) is 1. The Morgan fingerprint density at radius 1 is 1.33 bits per heavy atom. The van der Waals surface area contributed by atoms with Crippen molar-refractivity contribution in [2.24, 2.45) is 5.41 Å².